The first-order chi connectivity index (χ1) is 16.4. The standard InChI is InChI=1S/C26H24FN3O4/c1-16-21(11-13-24(31)33-3)17(2)30(29-16)20-9-6-18(7-10-20)26(32)34-15-19-8-12-23(27)22-5-4-14-28-25(19)22/h4-10,12,14H,11,13,15H2,1-3H3. The highest BCUT2D eigenvalue weighted by Crippen LogP contribution is 2.22. The quantitative estimate of drug-likeness (QED) is 0.373. The van der Waals surface area contributed by atoms with Crippen molar-refractivity contribution in [2.24, 2.45) is 0 Å². The lowest BCUT2D eigenvalue weighted by atomic mass is 10.1. The van der Waals surface area contributed by atoms with Crippen LogP contribution in [-0.4, -0.2) is 33.8 Å². The van der Waals surface area contributed by atoms with Crippen LogP contribution in [0.15, 0.2) is 54.7 Å². The van der Waals surface area contributed by atoms with Crippen LogP contribution in [0.25, 0.3) is 16.6 Å². The van der Waals surface area contributed by atoms with Crippen LogP contribution in [0.4, 0.5) is 4.39 Å². The molecule has 174 valence electrons. The van der Waals surface area contributed by atoms with E-state index in [0.717, 1.165) is 22.6 Å². The van der Waals surface area contributed by atoms with Gasteiger partial charge in [0.15, 0.2) is 0 Å². The van der Waals surface area contributed by atoms with Gasteiger partial charge in [-0.1, -0.05) is 6.07 Å². The molecule has 0 aliphatic heterocycles. The molecule has 0 aliphatic carbocycles. The Hall–Kier alpha value is -4.07. The van der Waals surface area contributed by atoms with E-state index in [9.17, 15) is 14.0 Å². The molecular formula is C26H24FN3O4. The Morgan fingerprint density at radius 2 is 1.82 bits per heavy atom. The van der Waals surface area contributed by atoms with E-state index in [1.165, 1.54) is 13.2 Å². The van der Waals surface area contributed by atoms with Gasteiger partial charge in [0.2, 0.25) is 0 Å². The number of halogens is 1. The third-order valence-corrected chi connectivity index (χ3v) is 5.75. The summed E-state index contributed by atoms with van der Waals surface area (Å²) in [6.07, 6.45) is 2.40. The summed E-state index contributed by atoms with van der Waals surface area (Å²) in [7, 11) is 1.37. The van der Waals surface area contributed by atoms with Crippen LogP contribution in [0.5, 0.6) is 0 Å². The number of rotatable bonds is 7. The molecule has 0 saturated heterocycles. The van der Waals surface area contributed by atoms with E-state index in [4.69, 9.17) is 9.47 Å². The van der Waals surface area contributed by atoms with Gasteiger partial charge in [-0.25, -0.2) is 13.9 Å². The Kier molecular flexibility index (Phi) is 6.67. The Bertz CT molecular complexity index is 1360. The van der Waals surface area contributed by atoms with Gasteiger partial charge in [-0.2, -0.15) is 5.10 Å². The van der Waals surface area contributed by atoms with Gasteiger partial charge in [-0.05, 0) is 68.3 Å². The van der Waals surface area contributed by atoms with Crippen molar-refractivity contribution in [3.8, 4) is 5.69 Å². The molecule has 2 heterocycles. The molecule has 0 saturated carbocycles. The minimum Gasteiger partial charge on any atom is -0.469 e. The lowest BCUT2D eigenvalue weighted by molar-refractivity contribution is -0.140. The summed E-state index contributed by atoms with van der Waals surface area (Å²) in [6.45, 7) is 3.82. The van der Waals surface area contributed by atoms with Gasteiger partial charge in [0.05, 0.1) is 29.6 Å². The van der Waals surface area contributed by atoms with Gasteiger partial charge in [-0.3, -0.25) is 9.78 Å². The molecule has 0 N–H and O–H groups in total. The van der Waals surface area contributed by atoms with Crippen LogP contribution in [-0.2, 0) is 27.3 Å². The minimum absolute atomic E-state index is 0.0185. The second-order valence-corrected chi connectivity index (χ2v) is 7.87. The largest absolute Gasteiger partial charge is 0.469 e. The van der Waals surface area contributed by atoms with Gasteiger partial charge in [-0.15, -0.1) is 0 Å². The van der Waals surface area contributed by atoms with E-state index in [1.54, 1.807) is 53.3 Å². The fourth-order valence-corrected chi connectivity index (χ4v) is 3.90. The summed E-state index contributed by atoms with van der Waals surface area (Å²) >= 11 is 0. The number of nitrogens with zero attached hydrogens (tertiary/aromatic N) is 3. The van der Waals surface area contributed by atoms with Crippen LogP contribution in [0.3, 0.4) is 0 Å². The molecule has 4 aromatic rings. The summed E-state index contributed by atoms with van der Waals surface area (Å²) in [5, 5.41) is 4.97. The van der Waals surface area contributed by atoms with Gasteiger partial charge >= 0.3 is 11.9 Å². The van der Waals surface area contributed by atoms with Crippen LogP contribution < -0.4 is 0 Å². The summed E-state index contributed by atoms with van der Waals surface area (Å²) in [6, 6.07) is 13.1. The molecule has 0 aliphatic rings. The topological polar surface area (TPSA) is 83.3 Å². The van der Waals surface area contributed by atoms with E-state index >= 15 is 0 Å². The van der Waals surface area contributed by atoms with Crippen molar-refractivity contribution < 1.29 is 23.5 Å². The maximum Gasteiger partial charge on any atom is 0.338 e. The number of methoxy groups -OCH3 is 1. The molecule has 0 bridgehead atoms. The van der Waals surface area contributed by atoms with Gasteiger partial charge in [0.1, 0.15) is 12.4 Å². The average molecular weight is 461 g/mol. The second kappa shape index (κ2) is 9.82. The number of aromatic nitrogens is 3. The van der Waals surface area contributed by atoms with Crippen LogP contribution >= 0.6 is 0 Å². The molecule has 0 radical (unpaired) electrons. The molecule has 0 unspecified atom stereocenters. The van der Waals surface area contributed by atoms with Crippen molar-refractivity contribution in [2.45, 2.75) is 33.3 Å². The van der Waals surface area contributed by atoms with Crippen molar-refractivity contribution in [1.29, 1.82) is 0 Å². The smallest absolute Gasteiger partial charge is 0.338 e. The minimum atomic E-state index is -0.493. The highest BCUT2D eigenvalue weighted by atomic mass is 19.1. The zero-order valence-electron chi connectivity index (χ0n) is 19.2. The second-order valence-electron chi connectivity index (χ2n) is 7.87. The number of benzene rings is 2. The van der Waals surface area contributed by atoms with Crippen molar-refractivity contribution in [3.63, 3.8) is 0 Å². The first-order valence-corrected chi connectivity index (χ1v) is 10.8. The van der Waals surface area contributed by atoms with Gasteiger partial charge < -0.3 is 9.47 Å². The van der Waals surface area contributed by atoms with Crippen LogP contribution in [0, 0.1) is 19.7 Å². The van der Waals surface area contributed by atoms with Crippen molar-refractivity contribution in [2.75, 3.05) is 7.11 Å². The third-order valence-electron chi connectivity index (χ3n) is 5.75. The molecule has 34 heavy (non-hydrogen) atoms. The average Bonchev–Trinajstić information content (AvgIpc) is 3.15. The van der Waals surface area contributed by atoms with Crippen LogP contribution in [0.2, 0.25) is 0 Å². The highest BCUT2D eigenvalue weighted by Gasteiger charge is 2.16. The number of pyridine rings is 1. The fraction of sp³-hybridized carbons (Fsp3) is 0.231. The molecule has 0 fully saturated rings. The molecule has 2 aromatic carbocycles. The summed E-state index contributed by atoms with van der Waals surface area (Å²) in [4.78, 5) is 28.3. The number of hydrogen-bond donors (Lipinski definition) is 0. The number of ether oxygens (including phenoxy) is 2. The van der Waals surface area contributed by atoms with Crippen LogP contribution in [0.1, 0.15) is 39.3 Å². The molecule has 8 heteroatoms. The van der Waals surface area contributed by atoms with Gasteiger partial charge in [0.25, 0.3) is 0 Å². The SMILES string of the molecule is COC(=O)CCc1c(C)nn(-c2ccc(C(=O)OCc3ccc(F)c4cccnc34)cc2)c1C. The molecule has 0 atom stereocenters. The maximum atomic E-state index is 14.0. The first kappa shape index (κ1) is 23.1. The zero-order chi connectivity index (χ0) is 24.2. The normalized spacial score (nSPS) is 10.9. The number of fused-ring (bicyclic) bond motifs is 1. The van der Waals surface area contributed by atoms with E-state index in [-0.39, 0.29) is 24.8 Å². The molecule has 0 amide bonds. The number of esters is 2. The predicted octanol–water partition coefficient (Wildman–Crippen LogP) is 4.64. The Labute approximate surface area is 196 Å². The zero-order valence-corrected chi connectivity index (χ0v) is 19.2. The molecule has 0 spiro atoms. The van der Waals surface area contributed by atoms with E-state index in [1.807, 2.05) is 13.8 Å². The lowest BCUT2D eigenvalue weighted by Crippen LogP contribution is -2.07. The Morgan fingerprint density at radius 3 is 2.56 bits per heavy atom. The number of hydrogen-bond acceptors (Lipinski definition) is 6. The number of carbonyl (C=O) groups excluding carboxylic acids is 2. The highest BCUT2D eigenvalue weighted by molar-refractivity contribution is 5.90. The summed E-state index contributed by atoms with van der Waals surface area (Å²) in [5.41, 5.74) is 5.03. The maximum absolute atomic E-state index is 14.0. The van der Waals surface area contributed by atoms with E-state index in [2.05, 4.69) is 10.1 Å². The molecular weight excluding hydrogens is 437 g/mol. The number of carbonyl (C=O) groups is 2. The molecule has 7 nitrogen and oxygen atoms in total. The predicted molar refractivity (Wildman–Crippen MR) is 124 cm³/mol. The Balaban J connectivity index is 1.47. The monoisotopic (exact) mass is 461 g/mol. The fourth-order valence-electron chi connectivity index (χ4n) is 3.90. The van der Waals surface area contributed by atoms with E-state index < -0.39 is 5.97 Å². The Morgan fingerprint density at radius 1 is 1.06 bits per heavy atom. The first-order valence-electron chi connectivity index (χ1n) is 10.8. The summed E-state index contributed by atoms with van der Waals surface area (Å²) < 4.78 is 25.9. The van der Waals surface area contributed by atoms with Crippen molar-refractivity contribution >= 4 is 22.8 Å². The summed E-state index contributed by atoms with van der Waals surface area (Å²) in [5.74, 6) is -1.13. The molecule has 2 aromatic heterocycles. The lowest BCUT2D eigenvalue weighted by Gasteiger charge is -2.09. The van der Waals surface area contributed by atoms with Gasteiger partial charge in [0, 0.05) is 29.3 Å². The van der Waals surface area contributed by atoms with Crippen molar-refractivity contribution in [3.05, 3.63) is 88.6 Å². The third kappa shape index (κ3) is 4.66. The molecule has 4 rings (SSSR count). The van der Waals surface area contributed by atoms with E-state index in [0.29, 0.717) is 28.5 Å². The van der Waals surface area contributed by atoms with Crippen molar-refractivity contribution in [1.82, 2.24) is 14.8 Å². The number of aryl methyl sites for hydroxylation is 1.